The Balaban J connectivity index is 2.32. The van der Waals surface area contributed by atoms with Crippen molar-refractivity contribution in [2.45, 2.75) is 18.9 Å². The van der Waals surface area contributed by atoms with Gasteiger partial charge in [0.05, 0.1) is 0 Å². The molecule has 3 heteroatoms. The summed E-state index contributed by atoms with van der Waals surface area (Å²) in [7, 11) is 1.67. The van der Waals surface area contributed by atoms with Crippen molar-refractivity contribution in [3.8, 4) is 0 Å². The van der Waals surface area contributed by atoms with Crippen LogP contribution in [0.2, 0.25) is 0 Å². The summed E-state index contributed by atoms with van der Waals surface area (Å²) < 4.78 is 0. The highest BCUT2D eigenvalue weighted by molar-refractivity contribution is 5.71. The Morgan fingerprint density at radius 2 is 2.25 bits per heavy atom. The van der Waals surface area contributed by atoms with E-state index in [2.05, 4.69) is 0 Å². The number of nitrogens with zero attached hydrogens (tertiary/aromatic N) is 1. The summed E-state index contributed by atoms with van der Waals surface area (Å²) >= 11 is 0. The van der Waals surface area contributed by atoms with Crippen molar-refractivity contribution in [1.29, 1.82) is 0 Å². The van der Waals surface area contributed by atoms with Crippen molar-refractivity contribution in [2.24, 2.45) is 0 Å². The first-order valence-electron chi connectivity index (χ1n) is 2.70. The molecule has 0 aromatic carbocycles. The fourth-order valence-electron chi connectivity index (χ4n) is 0.628. The summed E-state index contributed by atoms with van der Waals surface area (Å²) in [6, 6.07) is -0.174. The minimum atomic E-state index is -0.562. The number of carbonyl (C=O) groups excluding carboxylic acids is 1. The van der Waals surface area contributed by atoms with E-state index < -0.39 is 6.03 Å². The van der Waals surface area contributed by atoms with Crippen LogP contribution in [0, 0.1) is 0 Å². The van der Waals surface area contributed by atoms with Gasteiger partial charge >= 0.3 is 6.03 Å². The highest BCUT2D eigenvalue weighted by atomic mass is 16.2. The van der Waals surface area contributed by atoms with Crippen LogP contribution >= 0.6 is 0 Å². The number of carbonyl (C=O) groups is 1. The average molecular weight is 113 g/mol. The van der Waals surface area contributed by atoms with Gasteiger partial charge in [0.15, 0.2) is 0 Å². The van der Waals surface area contributed by atoms with Gasteiger partial charge in [0, 0.05) is 13.1 Å². The Morgan fingerprint density at radius 3 is 2.38 bits per heavy atom. The molecule has 3 nitrogen and oxygen atoms in total. The smallest absolute Gasteiger partial charge is 0.323 e. The van der Waals surface area contributed by atoms with Gasteiger partial charge in [-0.1, -0.05) is 0 Å². The van der Waals surface area contributed by atoms with Crippen LogP contribution in [0.25, 0.3) is 0 Å². The molecule has 0 saturated heterocycles. The van der Waals surface area contributed by atoms with E-state index in [1.54, 1.807) is 7.05 Å². The molecule has 2 amide bonds. The van der Waals surface area contributed by atoms with Gasteiger partial charge in [0.25, 0.3) is 0 Å². The van der Waals surface area contributed by atoms with Gasteiger partial charge in [-0.2, -0.15) is 0 Å². The van der Waals surface area contributed by atoms with Crippen LogP contribution in [0.15, 0.2) is 0 Å². The van der Waals surface area contributed by atoms with Gasteiger partial charge in [-0.3, -0.25) is 0 Å². The molecule has 0 spiro atoms. The molecule has 0 heterocycles. The third kappa shape index (κ3) is 0.911. The lowest BCUT2D eigenvalue weighted by Gasteiger charge is -2.09. The van der Waals surface area contributed by atoms with Gasteiger partial charge in [0.2, 0.25) is 0 Å². The summed E-state index contributed by atoms with van der Waals surface area (Å²) in [6.45, 7) is 0. The minimum Gasteiger partial charge on any atom is -0.323 e. The van der Waals surface area contributed by atoms with Crippen molar-refractivity contribution in [3.05, 3.63) is 0 Å². The second-order valence-electron chi connectivity index (χ2n) is 2.15. The quantitative estimate of drug-likeness (QED) is 0.487. The topological polar surface area (TPSA) is 44.1 Å². The van der Waals surface area contributed by atoms with Gasteiger partial charge < -0.3 is 4.90 Å². The Morgan fingerprint density at radius 1 is 1.75 bits per heavy atom. The molecule has 0 bridgehead atoms. The second kappa shape index (κ2) is 1.65. The molecule has 1 fully saturated rings. The molecule has 0 aromatic rings. The van der Waals surface area contributed by atoms with E-state index >= 15 is 0 Å². The lowest BCUT2D eigenvalue weighted by Crippen LogP contribution is -2.27. The zero-order valence-electron chi connectivity index (χ0n) is 4.85. The maximum absolute atomic E-state index is 10.2. The zero-order chi connectivity index (χ0) is 6.15. The van der Waals surface area contributed by atoms with Crippen LogP contribution in [0.5, 0.6) is 0 Å². The maximum Gasteiger partial charge on any atom is 0.336 e. The predicted octanol–water partition coefficient (Wildman–Crippen LogP) is 0.484. The van der Waals surface area contributed by atoms with Gasteiger partial charge in [-0.05, 0) is 12.8 Å². The lowest BCUT2D eigenvalue weighted by molar-refractivity contribution is 0.215. The molecule has 0 aromatic heterocycles. The van der Waals surface area contributed by atoms with Crippen LogP contribution in [-0.4, -0.2) is 24.0 Å². The number of urea groups is 1. The fraction of sp³-hybridized carbons (Fsp3) is 0.800. The molecule has 8 heavy (non-hydrogen) atoms. The molecule has 1 N–H and O–H groups in total. The molecule has 1 radical (unpaired) electrons. The number of rotatable bonds is 1. The third-order valence-electron chi connectivity index (χ3n) is 1.41. The number of hydrogen-bond acceptors (Lipinski definition) is 1. The maximum atomic E-state index is 10.2. The molecule has 1 aliphatic rings. The Bertz CT molecular complexity index is 109. The van der Waals surface area contributed by atoms with Gasteiger partial charge in [-0.25, -0.2) is 10.5 Å². The minimum absolute atomic E-state index is 0.389. The van der Waals surface area contributed by atoms with Crippen LogP contribution in [0.4, 0.5) is 4.79 Å². The van der Waals surface area contributed by atoms with E-state index in [0.29, 0.717) is 6.04 Å². The predicted molar refractivity (Wildman–Crippen MR) is 29.3 cm³/mol. The molecule has 1 rings (SSSR count). The van der Waals surface area contributed by atoms with Crippen molar-refractivity contribution in [1.82, 2.24) is 10.6 Å². The van der Waals surface area contributed by atoms with Gasteiger partial charge in [-0.15, -0.1) is 0 Å². The number of amides is 2. The highest BCUT2D eigenvalue weighted by Crippen LogP contribution is 2.24. The molecule has 1 aliphatic carbocycles. The first-order valence-corrected chi connectivity index (χ1v) is 2.70. The van der Waals surface area contributed by atoms with E-state index in [-0.39, 0.29) is 0 Å². The van der Waals surface area contributed by atoms with Crippen molar-refractivity contribution < 1.29 is 4.79 Å². The van der Waals surface area contributed by atoms with Crippen molar-refractivity contribution in [2.75, 3.05) is 7.05 Å². The van der Waals surface area contributed by atoms with E-state index in [1.165, 1.54) is 4.90 Å². The zero-order valence-corrected chi connectivity index (χ0v) is 4.85. The van der Waals surface area contributed by atoms with Crippen LogP contribution in [0.3, 0.4) is 0 Å². The molecule has 0 aliphatic heterocycles. The summed E-state index contributed by atoms with van der Waals surface area (Å²) in [5, 5.41) is 0. The molecular formula is C5H9N2O. The van der Waals surface area contributed by atoms with Crippen molar-refractivity contribution >= 4 is 6.03 Å². The summed E-state index contributed by atoms with van der Waals surface area (Å²) in [6.07, 6.45) is 2.17. The average Bonchev–Trinajstić information content (AvgIpc) is 2.43. The Hall–Kier alpha value is -0.730. The SMILES string of the molecule is CN(C([NH])=O)C1CC1. The first-order chi connectivity index (χ1) is 3.72. The second-order valence-corrected chi connectivity index (χ2v) is 2.15. The number of nitrogens with one attached hydrogen (secondary N) is 1. The Labute approximate surface area is 48.5 Å². The summed E-state index contributed by atoms with van der Waals surface area (Å²) in [5.74, 6) is 0. The normalized spacial score (nSPS) is 18.1. The summed E-state index contributed by atoms with van der Waals surface area (Å²) in [4.78, 5) is 11.7. The fourth-order valence-corrected chi connectivity index (χ4v) is 0.628. The van der Waals surface area contributed by atoms with Crippen LogP contribution in [0.1, 0.15) is 12.8 Å². The largest absolute Gasteiger partial charge is 0.336 e. The van der Waals surface area contributed by atoms with Crippen LogP contribution < -0.4 is 5.73 Å². The standard InChI is InChI=1S/C5H9N2O/c1-7(5(6)8)4-2-3-4/h4,6H,2-3H2,1H3. The van der Waals surface area contributed by atoms with Crippen LogP contribution in [-0.2, 0) is 0 Å². The van der Waals surface area contributed by atoms with E-state index in [9.17, 15) is 4.79 Å². The highest BCUT2D eigenvalue weighted by Gasteiger charge is 2.28. The van der Waals surface area contributed by atoms with Gasteiger partial charge in [0.1, 0.15) is 0 Å². The monoisotopic (exact) mass is 113 g/mol. The molecule has 0 atom stereocenters. The Kier molecular flexibility index (Phi) is 1.12. The number of hydrogen-bond donors (Lipinski definition) is 0. The lowest BCUT2D eigenvalue weighted by atomic mass is 10.6. The molecule has 0 unspecified atom stereocenters. The van der Waals surface area contributed by atoms with E-state index in [1.807, 2.05) is 0 Å². The molecule has 45 valence electrons. The summed E-state index contributed by atoms with van der Waals surface area (Å²) in [5.41, 5.74) is 6.64. The third-order valence-corrected chi connectivity index (χ3v) is 1.41. The first kappa shape index (κ1) is 5.41. The van der Waals surface area contributed by atoms with E-state index in [4.69, 9.17) is 5.73 Å². The molecule has 1 saturated carbocycles. The van der Waals surface area contributed by atoms with E-state index in [0.717, 1.165) is 12.8 Å². The molecular weight excluding hydrogens is 104 g/mol. The van der Waals surface area contributed by atoms with Crippen molar-refractivity contribution in [3.63, 3.8) is 0 Å².